The molecule has 158 valence electrons. The highest BCUT2D eigenvalue weighted by Crippen LogP contribution is 2.41. The van der Waals surface area contributed by atoms with Gasteiger partial charge in [0.05, 0.1) is 18.8 Å². The van der Waals surface area contributed by atoms with Gasteiger partial charge in [-0.3, -0.25) is 14.5 Å². The van der Waals surface area contributed by atoms with Gasteiger partial charge >= 0.3 is 6.18 Å². The van der Waals surface area contributed by atoms with Gasteiger partial charge in [0, 0.05) is 44.6 Å². The number of rotatable bonds is 2. The van der Waals surface area contributed by atoms with Gasteiger partial charge in [-0.2, -0.15) is 13.2 Å². The minimum absolute atomic E-state index is 0.0133. The van der Waals surface area contributed by atoms with Crippen molar-refractivity contribution in [2.24, 2.45) is 0 Å². The van der Waals surface area contributed by atoms with Crippen LogP contribution >= 0.6 is 0 Å². The fourth-order valence-electron chi connectivity index (χ4n) is 4.91. The van der Waals surface area contributed by atoms with Gasteiger partial charge in [0.2, 0.25) is 5.91 Å². The van der Waals surface area contributed by atoms with Gasteiger partial charge in [-0.05, 0) is 31.2 Å². The van der Waals surface area contributed by atoms with Crippen molar-refractivity contribution in [2.45, 2.75) is 37.6 Å². The van der Waals surface area contributed by atoms with Crippen molar-refractivity contribution in [3.63, 3.8) is 0 Å². The minimum Gasteiger partial charge on any atom is -0.381 e. The first-order valence-electron chi connectivity index (χ1n) is 9.90. The standard InChI is InChI=1S/C20H24F3N3O3/c1-2-25-18(28)16-13-24(9-10-26(16)19(25)7-11-29-12-8-19)17(27)14-3-5-15(6-4-14)20(21,22)23/h3-6,16H,2,7-13H2,1H3/t16-/m1/s1. The molecule has 3 fully saturated rings. The molecule has 0 aliphatic carbocycles. The molecule has 0 bridgehead atoms. The highest BCUT2D eigenvalue weighted by molar-refractivity contribution is 5.95. The molecule has 3 saturated heterocycles. The Morgan fingerprint density at radius 1 is 1.17 bits per heavy atom. The third-order valence-corrected chi connectivity index (χ3v) is 6.32. The first-order valence-corrected chi connectivity index (χ1v) is 9.90. The van der Waals surface area contributed by atoms with E-state index >= 15 is 0 Å². The van der Waals surface area contributed by atoms with Crippen LogP contribution in [0, 0.1) is 0 Å². The van der Waals surface area contributed by atoms with Gasteiger partial charge in [-0.15, -0.1) is 0 Å². The van der Waals surface area contributed by atoms with E-state index in [0.29, 0.717) is 32.8 Å². The quantitative estimate of drug-likeness (QED) is 0.749. The number of hydrogen-bond donors (Lipinski definition) is 0. The van der Waals surface area contributed by atoms with Gasteiger partial charge in [0.1, 0.15) is 11.7 Å². The number of carbonyl (C=O) groups excluding carboxylic acids is 2. The molecule has 3 heterocycles. The highest BCUT2D eigenvalue weighted by atomic mass is 19.4. The lowest BCUT2D eigenvalue weighted by Gasteiger charge is -2.48. The Morgan fingerprint density at radius 3 is 2.41 bits per heavy atom. The van der Waals surface area contributed by atoms with E-state index in [1.54, 1.807) is 4.90 Å². The average Bonchev–Trinajstić information content (AvgIpc) is 2.94. The maximum absolute atomic E-state index is 13.1. The Bertz CT molecular complexity index is 790. The molecule has 4 rings (SSSR count). The van der Waals surface area contributed by atoms with Crippen LogP contribution in [0.2, 0.25) is 0 Å². The van der Waals surface area contributed by atoms with E-state index in [0.717, 1.165) is 25.0 Å². The number of alkyl halides is 3. The number of benzene rings is 1. The second kappa shape index (κ2) is 7.28. The first kappa shape index (κ1) is 20.2. The number of ether oxygens (including phenoxy) is 1. The SMILES string of the molecule is CCN1C(=O)[C@H]2CN(C(=O)c3ccc(C(F)(F)F)cc3)CCN2C12CCOCC2. The van der Waals surface area contributed by atoms with Crippen LogP contribution in [0.1, 0.15) is 35.7 Å². The summed E-state index contributed by atoms with van der Waals surface area (Å²) in [7, 11) is 0. The summed E-state index contributed by atoms with van der Waals surface area (Å²) >= 11 is 0. The summed E-state index contributed by atoms with van der Waals surface area (Å²) in [5, 5.41) is 0. The average molecular weight is 411 g/mol. The Kier molecular flexibility index (Phi) is 5.06. The summed E-state index contributed by atoms with van der Waals surface area (Å²) in [6.45, 7) is 4.99. The molecule has 0 N–H and O–H groups in total. The van der Waals surface area contributed by atoms with E-state index in [9.17, 15) is 22.8 Å². The van der Waals surface area contributed by atoms with Crippen LogP contribution in [0.4, 0.5) is 13.2 Å². The lowest BCUT2D eigenvalue weighted by molar-refractivity contribution is -0.137. The fraction of sp³-hybridized carbons (Fsp3) is 0.600. The third-order valence-electron chi connectivity index (χ3n) is 6.32. The summed E-state index contributed by atoms with van der Waals surface area (Å²) in [6, 6.07) is 3.82. The summed E-state index contributed by atoms with van der Waals surface area (Å²) in [6.07, 6.45) is -2.95. The Labute approximate surface area is 167 Å². The maximum Gasteiger partial charge on any atom is 0.416 e. The van der Waals surface area contributed by atoms with Gasteiger partial charge < -0.3 is 14.5 Å². The van der Waals surface area contributed by atoms with E-state index in [4.69, 9.17) is 4.74 Å². The number of fused-ring (bicyclic) bond motifs is 2. The summed E-state index contributed by atoms with van der Waals surface area (Å²) in [4.78, 5) is 31.6. The molecule has 1 aromatic carbocycles. The van der Waals surface area contributed by atoms with Crippen LogP contribution in [-0.4, -0.2) is 77.6 Å². The van der Waals surface area contributed by atoms with E-state index in [-0.39, 0.29) is 29.6 Å². The Hall–Kier alpha value is -2.13. The topological polar surface area (TPSA) is 53.1 Å². The van der Waals surface area contributed by atoms with Crippen LogP contribution in [0.3, 0.4) is 0 Å². The van der Waals surface area contributed by atoms with Crippen molar-refractivity contribution in [1.82, 2.24) is 14.7 Å². The molecule has 29 heavy (non-hydrogen) atoms. The van der Waals surface area contributed by atoms with E-state index < -0.39 is 17.8 Å². The molecule has 2 amide bonds. The predicted octanol–water partition coefficient (Wildman–Crippen LogP) is 2.20. The molecule has 3 aliphatic rings. The smallest absolute Gasteiger partial charge is 0.381 e. The molecule has 3 aliphatic heterocycles. The minimum atomic E-state index is -4.44. The van der Waals surface area contributed by atoms with Gasteiger partial charge in [-0.1, -0.05) is 0 Å². The van der Waals surface area contributed by atoms with Crippen LogP contribution in [-0.2, 0) is 15.7 Å². The van der Waals surface area contributed by atoms with Crippen LogP contribution < -0.4 is 0 Å². The van der Waals surface area contributed by atoms with Crippen LogP contribution in [0.5, 0.6) is 0 Å². The number of amides is 2. The molecule has 6 nitrogen and oxygen atoms in total. The third kappa shape index (κ3) is 3.30. The molecule has 1 spiro atoms. The highest BCUT2D eigenvalue weighted by Gasteiger charge is 2.57. The zero-order chi connectivity index (χ0) is 20.8. The van der Waals surface area contributed by atoms with Crippen LogP contribution in [0.15, 0.2) is 24.3 Å². The number of carbonyl (C=O) groups is 2. The summed E-state index contributed by atoms with van der Waals surface area (Å²) in [5.74, 6) is -0.332. The molecule has 0 aromatic heterocycles. The van der Waals surface area contributed by atoms with Gasteiger partial charge in [-0.25, -0.2) is 0 Å². The van der Waals surface area contributed by atoms with Crippen molar-refractivity contribution in [3.8, 4) is 0 Å². The summed E-state index contributed by atoms with van der Waals surface area (Å²) in [5.41, 5.74) is -0.937. The first-order chi connectivity index (χ1) is 13.8. The second-order valence-electron chi connectivity index (χ2n) is 7.71. The van der Waals surface area contributed by atoms with Crippen LogP contribution in [0.25, 0.3) is 0 Å². The van der Waals surface area contributed by atoms with Crippen molar-refractivity contribution < 1.29 is 27.5 Å². The normalized spacial score (nSPS) is 24.8. The molecule has 0 saturated carbocycles. The number of likely N-dealkylation sites (N-methyl/N-ethyl adjacent to an activating group) is 1. The lowest BCUT2D eigenvalue weighted by atomic mass is 9.96. The van der Waals surface area contributed by atoms with Crippen molar-refractivity contribution in [2.75, 3.05) is 39.4 Å². The number of hydrogen-bond acceptors (Lipinski definition) is 4. The monoisotopic (exact) mass is 411 g/mol. The molecule has 1 aromatic rings. The van der Waals surface area contributed by atoms with Gasteiger partial charge in [0.25, 0.3) is 5.91 Å². The van der Waals surface area contributed by atoms with E-state index in [2.05, 4.69) is 4.90 Å². The molecule has 0 unspecified atom stereocenters. The zero-order valence-corrected chi connectivity index (χ0v) is 16.2. The Balaban J connectivity index is 1.52. The van der Waals surface area contributed by atoms with E-state index in [1.165, 1.54) is 12.1 Å². The number of halogens is 3. The van der Waals surface area contributed by atoms with Crippen molar-refractivity contribution in [1.29, 1.82) is 0 Å². The fourth-order valence-corrected chi connectivity index (χ4v) is 4.91. The molecule has 0 radical (unpaired) electrons. The predicted molar refractivity (Wildman–Crippen MR) is 98.0 cm³/mol. The van der Waals surface area contributed by atoms with Crippen molar-refractivity contribution in [3.05, 3.63) is 35.4 Å². The number of piperazine rings is 1. The second-order valence-corrected chi connectivity index (χ2v) is 7.71. The molecule has 9 heteroatoms. The maximum atomic E-state index is 13.1. The largest absolute Gasteiger partial charge is 0.416 e. The van der Waals surface area contributed by atoms with Gasteiger partial charge in [0.15, 0.2) is 0 Å². The summed E-state index contributed by atoms with van der Waals surface area (Å²) < 4.78 is 43.8. The lowest BCUT2D eigenvalue weighted by Crippen LogP contribution is -2.62. The molecule has 1 atom stereocenters. The zero-order valence-electron chi connectivity index (χ0n) is 16.2. The molecular weight excluding hydrogens is 387 g/mol. The van der Waals surface area contributed by atoms with E-state index in [1.807, 2.05) is 11.8 Å². The van der Waals surface area contributed by atoms with Crippen molar-refractivity contribution >= 4 is 11.8 Å². The number of nitrogens with zero attached hydrogens (tertiary/aromatic N) is 3. The Morgan fingerprint density at radius 2 is 1.83 bits per heavy atom. The molecular formula is C20H24F3N3O3.